The molecule has 4 bridgehead atoms. The van der Waals surface area contributed by atoms with E-state index in [0.29, 0.717) is 35.1 Å². The van der Waals surface area contributed by atoms with E-state index in [9.17, 15) is 19.2 Å². The first kappa shape index (κ1) is 33.3. The lowest BCUT2D eigenvalue weighted by atomic mass is 9.99. The number of carbonyl (C=O) groups is 4. The SMILES string of the molecule is CCCCCCCC(=O)SCCC=C[C@@H]1CC(=O)NCc2nc(cs2)C2=N[C@@](C)(CS2)C(=O)NC(C(C)C)C(=O)N1. The second-order valence-corrected chi connectivity index (χ2v) is 14.1. The molecular weight excluding hydrogens is 579 g/mol. The van der Waals surface area contributed by atoms with E-state index < -0.39 is 17.6 Å². The summed E-state index contributed by atoms with van der Waals surface area (Å²) >= 11 is 4.23. The number of thioether (sulfide) groups is 2. The van der Waals surface area contributed by atoms with Crippen LogP contribution in [-0.4, -0.2) is 62.0 Å². The Hall–Kier alpha value is -2.18. The van der Waals surface area contributed by atoms with Crippen LogP contribution in [0.3, 0.4) is 0 Å². The van der Waals surface area contributed by atoms with Crippen LogP contribution in [0.2, 0.25) is 0 Å². The van der Waals surface area contributed by atoms with E-state index >= 15 is 0 Å². The van der Waals surface area contributed by atoms with E-state index in [1.807, 2.05) is 31.4 Å². The highest BCUT2D eigenvalue weighted by Crippen LogP contribution is 2.32. The van der Waals surface area contributed by atoms with Crippen molar-refractivity contribution in [3.8, 4) is 0 Å². The van der Waals surface area contributed by atoms with Crippen molar-refractivity contribution in [2.24, 2.45) is 10.9 Å². The van der Waals surface area contributed by atoms with Gasteiger partial charge in [-0.05, 0) is 25.7 Å². The van der Waals surface area contributed by atoms with Crippen molar-refractivity contribution in [2.75, 3.05) is 11.5 Å². The molecule has 2 aliphatic heterocycles. The van der Waals surface area contributed by atoms with Gasteiger partial charge in [-0.15, -0.1) is 23.1 Å². The molecule has 3 N–H and O–H groups in total. The number of carbonyl (C=O) groups excluding carboxylic acids is 4. The van der Waals surface area contributed by atoms with Crippen molar-refractivity contribution in [2.45, 2.75) is 103 Å². The van der Waals surface area contributed by atoms with Crippen LogP contribution in [0.15, 0.2) is 22.5 Å². The number of nitrogens with one attached hydrogen (secondary N) is 3. The van der Waals surface area contributed by atoms with Crippen LogP contribution in [0, 0.1) is 5.92 Å². The second kappa shape index (κ2) is 16.5. The molecule has 0 aliphatic carbocycles. The molecule has 9 nitrogen and oxygen atoms in total. The van der Waals surface area contributed by atoms with Crippen molar-refractivity contribution in [1.29, 1.82) is 0 Å². The van der Waals surface area contributed by atoms with E-state index in [0.717, 1.165) is 17.8 Å². The smallest absolute Gasteiger partial charge is 0.249 e. The summed E-state index contributed by atoms with van der Waals surface area (Å²) in [6, 6.07) is -1.35. The number of allylic oxidation sites excluding steroid dienone is 1. The maximum Gasteiger partial charge on any atom is 0.249 e. The van der Waals surface area contributed by atoms with E-state index in [4.69, 9.17) is 0 Å². The number of fused-ring (bicyclic) bond motifs is 4. The second-order valence-electron chi connectivity index (χ2n) is 11.0. The molecule has 0 aromatic carbocycles. The molecule has 1 unspecified atom stereocenters. The van der Waals surface area contributed by atoms with Gasteiger partial charge in [0.15, 0.2) is 5.12 Å². The Kier molecular flexibility index (Phi) is 13.4. The Labute approximate surface area is 256 Å². The number of aliphatic imine (C=N–C) groups is 1. The molecule has 12 heteroatoms. The van der Waals surface area contributed by atoms with Gasteiger partial charge in [-0.3, -0.25) is 24.2 Å². The number of rotatable bonds is 11. The van der Waals surface area contributed by atoms with Gasteiger partial charge in [-0.1, -0.05) is 70.4 Å². The fourth-order valence-electron chi connectivity index (χ4n) is 4.40. The molecule has 3 amide bonds. The minimum atomic E-state index is -1.01. The first-order chi connectivity index (χ1) is 19.6. The zero-order valence-corrected chi connectivity index (χ0v) is 26.9. The lowest BCUT2D eigenvalue weighted by molar-refractivity contribution is -0.132. The predicted molar refractivity (Wildman–Crippen MR) is 169 cm³/mol. The summed E-state index contributed by atoms with van der Waals surface area (Å²) in [5.74, 6) is 0.0389. The molecule has 1 aromatic rings. The Balaban J connectivity index is 1.66. The third-order valence-corrected chi connectivity index (χ3v) is 10.00. The summed E-state index contributed by atoms with van der Waals surface area (Å²) in [7, 11) is 0. The van der Waals surface area contributed by atoms with Gasteiger partial charge in [-0.25, -0.2) is 4.98 Å². The first-order valence-electron chi connectivity index (χ1n) is 14.5. The maximum atomic E-state index is 13.4. The molecule has 0 radical (unpaired) electrons. The van der Waals surface area contributed by atoms with Gasteiger partial charge in [-0.2, -0.15) is 0 Å². The quantitative estimate of drug-likeness (QED) is 0.243. The van der Waals surface area contributed by atoms with E-state index in [2.05, 4.69) is 32.9 Å². The average molecular weight is 622 g/mol. The third kappa shape index (κ3) is 10.6. The molecule has 3 heterocycles. The highest BCUT2D eigenvalue weighted by Gasteiger charge is 2.41. The zero-order chi connectivity index (χ0) is 29.8. The van der Waals surface area contributed by atoms with Crippen LogP contribution in [-0.2, 0) is 25.7 Å². The summed E-state index contributed by atoms with van der Waals surface area (Å²) in [6.45, 7) is 7.96. The van der Waals surface area contributed by atoms with Crippen LogP contribution >= 0.6 is 34.9 Å². The molecule has 0 saturated heterocycles. The van der Waals surface area contributed by atoms with Crippen LogP contribution < -0.4 is 16.0 Å². The predicted octanol–water partition coefficient (Wildman–Crippen LogP) is 4.61. The Morgan fingerprint density at radius 1 is 1.20 bits per heavy atom. The summed E-state index contributed by atoms with van der Waals surface area (Å²) in [5.41, 5.74) is -0.313. The maximum absolute atomic E-state index is 13.4. The van der Waals surface area contributed by atoms with Crippen molar-refractivity contribution >= 4 is 62.7 Å². The number of hydrogen-bond donors (Lipinski definition) is 3. The fraction of sp³-hybridized carbons (Fsp3) is 0.655. The van der Waals surface area contributed by atoms with Crippen molar-refractivity contribution in [1.82, 2.24) is 20.9 Å². The minimum Gasteiger partial charge on any atom is -0.350 e. The van der Waals surface area contributed by atoms with Gasteiger partial charge in [0.25, 0.3) is 0 Å². The summed E-state index contributed by atoms with van der Waals surface area (Å²) < 4.78 is 0. The molecule has 0 fully saturated rings. The topological polar surface area (TPSA) is 130 Å². The molecule has 226 valence electrons. The number of thiazole rings is 1. The molecule has 41 heavy (non-hydrogen) atoms. The van der Waals surface area contributed by atoms with Crippen LogP contribution in [0.1, 0.15) is 89.8 Å². The van der Waals surface area contributed by atoms with Crippen molar-refractivity contribution in [3.63, 3.8) is 0 Å². The summed E-state index contributed by atoms with van der Waals surface area (Å²) in [4.78, 5) is 61.0. The highest BCUT2D eigenvalue weighted by atomic mass is 32.2. The van der Waals surface area contributed by atoms with Gasteiger partial charge < -0.3 is 16.0 Å². The van der Waals surface area contributed by atoms with Gasteiger partial charge >= 0.3 is 0 Å². The summed E-state index contributed by atoms with van der Waals surface area (Å²) in [5, 5.41) is 12.3. The van der Waals surface area contributed by atoms with Crippen LogP contribution in [0.25, 0.3) is 0 Å². The van der Waals surface area contributed by atoms with Crippen molar-refractivity contribution < 1.29 is 19.2 Å². The zero-order valence-electron chi connectivity index (χ0n) is 24.5. The lowest BCUT2D eigenvalue weighted by Gasteiger charge is -2.27. The monoisotopic (exact) mass is 621 g/mol. The molecule has 0 spiro atoms. The van der Waals surface area contributed by atoms with Crippen LogP contribution in [0.4, 0.5) is 0 Å². The average Bonchev–Trinajstić information content (AvgIpc) is 3.56. The van der Waals surface area contributed by atoms with E-state index in [1.165, 1.54) is 54.1 Å². The number of hydrogen-bond acceptors (Lipinski definition) is 9. The molecule has 3 atom stereocenters. The van der Waals surface area contributed by atoms with Gasteiger partial charge in [0.2, 0.25) is 17.7 Å². The highest BCUT2D eigenvalue weighted by molar-refractivity contribution is 8.14. The number of nitrogens with zero attached hydrogens (tertiary/aromatic N) is 2. The standard InChI is InChI=1S/C29H43N5O4S3/c1-5-6-7-8-9-13-24(36)39-14-11-10-12-20-15-22(35)30-16-23-32-21(17-40-23)27-34-29(4,18-41-27)28(38)33-25(19(2)3)26(37)31-20/h10,12,17,19-20,25H,5-9,11,13-16,18H2,1-4H3,(H,30,35)(H,31,37)(H,33,38)/t20-,25?,29+/m1/s1. The minimum absolute atomic E-state index is 0.0450. The van der Waals surface area contributed by atoms with Gasteiger partial charge in [0.05, 0.1) is 19.0 Å². The largest absolute Gasteiger partial charge is 0.350 e. The lowest BCUT2D eigenvalue weighted by Crippen LogP contribution is -2.56. The number of aromatic nitrogens is 1. The Bertz CT molecular complexity index is 1140. The molecule has 0 saturated carbocycles. The molecule has 1 aromatic heterocycles. The molecular formula is C29H43N5O4S3. The normalized spacial score (nSPS) is 23.8. The van der Waals surface area contributed by atoms with E-state index in [-0.39, 0.29) is 41.7 Å². The number of amides is 3. The molecule has 3 rings (SSSR count). The Morgan fingerprint density at radius 2 is 1.98 bits per heavy atom. The van der Waals surface area contributed by atoms with Gasteiger partial charge in [0, 0.05) is 23.3 Å². The van der Waals surface area contributed by atoms with E-state index in [1.54, 1.807) is 6.92 Å². The third-order valence-electron chi connectivity index (χ3n) is 6.90. The fourth-order valence-corrected chi connectivity index (χ4v) is 7.09. The van der Waals surface area contributed by atoms with Crippen molar-refractivity contribution in [3.05, 3.63) is 28.2 Å². The summed E-state index contributed by atoms with van der Waals surface area (Å²) in [6.07, 6.45) is 10.6. The van der Waals surface area contributed by atoms with Gasteiger partial charge in [0.1, 0.15) is 27.3 Å². The Morgan fingerprint density at radius 3 is 2.73 bits per heavy atom. The van der Waals surface area contributed by atoms with Crippen LogP contribution in [0.5, 0.6) is 0 Å². The first-order valence-corrected chi connectivity index (χ1v) is 17.3. The molecule has 2 aliphatic rings. The number of unbranched alkanes of at least 4 members (excludes halogenated alkanes) is 4.